The zero-order valence-corrected chi connectivity index (χ0v) is 15.2. The number of nitrogens with two attached hydrogens (primary N) is 1. The van der Waals surface area contributed by atoms with Crippen LogP contribution in [0, 0.1) is 6.92 Å². The third kappa shape index (κ3) is 5.34. The molecule has 4 nitrogen and oxygen atoms in total. The van der Waals surface area contributed by atoms with Gasteiger partial charge in [0.2, 0.25) is 0 Å². The molecule has 1 atom stereocenters. The lowest BCUT2D eigenvalue weighted by molar-refractivity contribution is -0.908. The van der Waals surface area contributed by atoms with Crippen LogP contribution < -0.4 is 15.5 Å². The normalized spacial score (nSPS) is 12.2. The molecule has 0 fully saturated rings. The zero-order valence-electron chi connectivity index (χ0n) is 14.5. The van der Waals surface area contributed by atoms with Gasteiger partial charge in [-0.3, -0.25) is 4.79 Å². The van der Waals surface area contributed by atoms with E-state index in [2.05, 4.69) is 49.0 Å². The average Bonchev–Trinajstić information content (AvgIpc) is 2.55. The number of carbonyl (C=O) groups is 1. The molecule has 2 aromatic rings. The second kappa shape index (κ2) is 8.83. The van der Waals surface area contributed by atoms with Gasteiger partial charge >= 0.3 is 0 Å². The number of hydrogen-bond donors (Lipinski definition) is 3. The molecule has 0 unspecified atom stereocenters. The molecule has 0 bridgehead atoms. The van der Waals surface area contributed by atoms with Crippen LogP contribution in [0.25, 0.3) is 0 Å². The average molecular weight is 348 g/mol. The molecule has 128 valence electrons. The van der Waals surface area contributed by atoms with Gasteiger partial charge in [-0.05, 0) is 24.6 Å². The van der Waals surface area contributed by atoms with Crippen LogP contribution in [-0.4, -0.2) is 33.1 Å². The van der Waals surface area contributed by atoms with Crippen molar-refractivity contribution in [1.82, 2.24) is 0 Å². The molecule has 0 radical (unpaired) electrons. The molecular weight excluding hydrogens is 322 g/mol. The number of anilines is 1. The first-order valence-corrected chi connectivity index (χ1v) is 8.58. The van der Waals surface area contributed by atoms with Gasteiger partial charge < -0.3 is 15.5 Å². The van der Waals surface area contributed by atoms with Crippen molar-refractivity contribution in [2.75, 3.05) is 32.5 Å². The van der Waals surface area contributed by atoms with Gasteiger partial charge in [0.25, 0.3) is 5.91 Å². The molecule has 24 heavy (non-hydrogen) atoms. The Kier molecular flexibility index (Phi) is 6.79. The molecule has 2 aromatic carbocycles. The number of nitrogens with one attached hydrogen (secondary N) is 2. The van der Waals surface area contributed by atoms with Crippen molar-refractivity contribution in [3.05, 3.63) is 64.7 Å². The molecule has 0 aliphatic carbocycles. The van der Waals surface area contributed by atoms with Gasteiger partial charge in [0.1, 0.15) is 6.54 Å². The number of likely N-dealkylation sites (N-methyl/N-ethyl adjacent to an activating group) is 1. The van der Waals surface area contributed by atoms with Gasteiger partial charge in [-0.15, -0.1) is 0 Å². The molecule has 0 aromatic heterocycles. The Balaban J connectivity index is 1.88. The van der Waals surface area contributed by atoms with E-state index in [-0.39, 0.29) is 5.91 Å². The first-order chi connectivity index (χ1) is 11.5. The maximum atomic E-state index is 12.2. The van der Waals surface area contributed by atoms with Crippen LogP contribution in [0.4, 0.5) is 5.69 Å². The number of aryl methyl sites for hydroxylation is 1. The Morgan fingerprint density at radius 1 is 1.21 bits per heavy atom. The van der Waals surface area contributed by atoms with E-state index in [1.54, 1.807) is 6.07 Å². The third-order valence-electron chi connectivity index (χ3n) is 4.10. The van der Waals surface area contributed by atoms with Crippen molar-refractivity contribution >= 4 is 23.2 Å². The van der Waals surface area contributed by atoms with E-state index in [1.807, 2.05) is 25.1 Å². The van der Waals surface area contributed by atoms with Gasteiger partial charge in [0, 0.05) is 16.3 Å². The maximum Gasteiger partial charge on any atom is 0.279 e. The minimum atomic E-state index is -0.0130. The van der Waals surface area contributed by atoms with Crippen LogP contribution in [0.2, 0.25) is 5.02 Å². The van der Waals surface area contributed by atoms with Crippen molar-refractivity contribution in [2.45, 2.75) is 13.0 Å². The van der Waals surface area contributed by atoms with Crippen molar-refractivity contribution in [1.29, 1.82) is 0 Å². The monoisotopic (exact) mass is 347 g/mol. The van der Waals surface area contributed by atoms with E-state index in [4.69, 9.17) is 11.6 Å². The summed E-state index contributed by atoms with van der Waals surface area (Å²) in [6.07, 6.45) is 0. The van der Waals surface area contributed by atoms with Crippen molar-refractivity contribution in [3.8, 4) is 0 Å². The fourth-order valence-electron chi connectivity index (χ4n) is 2.70. The summed E-state index contributed by atoms with van der Waals surface area (Å²) in [5.41, 5.74) is 3.08. The standard InChI is InChI=1S/C19H24ClN3O/c1-14-9-10-16(20)11-17(14)22-19(24)13-21-12-18(23(2)3)15-7-5-4-6-8-15/h4-11,18,21H,12-13H2,1-3H3,(H,22,24)/p+2/t18-/m0/s1. The summed E-state index contributed by atoms with van der Waals surface area (Å²) in [4.78, 5) is 13.5. The molecular formula is C19H26ClN3O+2. The molecule has 2 rings (SSSR count). The maximum absolute atomic E-state index is 12.2. The minimum Gasteiger partial charge on any atom is -0.333 e. The molecule has 1 amide bonds. The summed E-state index contributed by atoms with van der Waals surface area (Å²) >= 11 is 5.99. The van der Waals surface area contributed by atoms with Crippen LogP contribution in [0.3, 0.4) is 0 Å². The van der Waals surface area contributed by atoms with Gasteiger partial charge in [0.05, 0.1) is 14.1 Å². The van der Waals surface area contributed by atoms with Crippen LogP contribution in [0.15, 0.2) is 48.5 Å². The van der Waals surface area contributed by atoms with Crippen LogP contribution in [0.5, 0.6) is 0 Å². The summed E-state index contributed by atoms with van der Waals surface area (Å²) in [5.74, 6) is -0.0130. The predicted molar refractivity (Wildman–Crippen MR) is 98.5 cm³/mol. The van der Waals surface area contributed by atoms with Crippen molar-refractivity contribution < 1.29 is 15.0 Å². The van der Waals surface area contributed by atoms with Gasteiger partial charge in [0.15, 0.2) is 12.6 Å². The van der Waals surface area contributed by atoms with E-state index < -0.39 is 0 Å². The highest BCUT2D eigenvalue weighted by molar-refractivity contribution is 6.31. The topological polar surface area (TPSA) is 50.1 Å². The van der Waals surface area contributed by atoms with E-state index >= 15 is 0 Å². The van der Waals surface area contributed by atoms with Gasteiger partial charge in [-0.2, -0.15) is 0 Å². The fraction of sp³-hybridized carbons (Fsp3) is 0.316. The van der Waals surface area contributed by atoms with Gasteiger partial charge in [-0.1, -0.05) is 48.0 Å². The summed E-state index contributed by atoms with van der Waals surface area (Å²) in [6.45, 7) is 3.20. The predicted octanol–water partition coefficient (Wildman–Crippen LogP) is 1.04. The van der Waals surface area contributed by atoms with E-state index in [9.17, 15) is 4.79 Å². The minimum absolute atomic E-state index is 0.0130. The van der Waals surface area contributed by atoms with Crippen LogP contribution in [-0.2, 0) is 4.79 Å². The largest absolute Gasteiger partial charge is 0.333 e. The van der Waals surface area contributed by atoms with Crippen LogP contribution >= 0.6 is 11.6 Å². The molecule has 0 heterocycles. The molecule has 0 aliphatic rings. The number of rotatable bonds is 7. The number of quaternary nitrogens is 2. The molecule has 0 aliphatic heterocycles. The molecule has 5 heteroatoms. The number of benzene rings is 2. The van der Waals surface area contributed by atoms with E-state index in [1.165, 1.54) is 10.5 Å². The molecule has 4 N–H and O–H groups in total. The lowest BCUT2D eigenvalue weighted by atomic mass is 10.1. The van der Waals surface area contributed by atoms with Gasteiger partial charge in [-0.25, -0.2) is 0 Å². The first-order valence-electron chi connectivity index (χ1n) is 8.20. The highest BCUT2D eigenvalue weighted by Crippen LogP contribution is 2.19. The quantitative estimate of drug-likeness (QED) is 0.688. The summed E-state index contributed by atoms with van der Waals surface area (Å²) in [5, 5.41) is 5.61. The Bertz CT molecular complexity index is 674. The SMILES string of the molecule is Cc1ccc(Cl)cc1NC(=O)C[NH2+]C[C@@H](c1ccccc1)[NH+](C)C. The Labute approximate surface area is 148 Å². The second-order valence-corrected chi connectivity index (χ2v) is 6.71. The number of halogens is 1. The lowest BCUT2D eigenvalue weighted by Gasteiger charge is -2.20. The van der Waals surface area contributed by atoms with Crippen LogP contribution in [0.1, 0.15) is 17.2 Å². The first kappa shape index (κ1) is 18.5. The van der Waals surface area contributed by atoms with E-state index in [0.29, 0.717) is 17.6 Å². The molecule has 0 saturated carbocycles. The smallest absolute Gasteiger partial charge is 0.279 e. The highest BCUT2D eigenvalue weighted by Gasteiger charge is 2.20. The Hall–Kier alpha value is -1.88. The highest BCUT2D eigenvalue weighted by atomic mass is 35.5. The number of amides is 1. The summed E-state index contributed by atoms with van der Waals surface area (Å²) in [6, 6.07) is 16.3. The number of carbonyl (C=O) groups excluding carboxylic acids is 1. The van der Waals surface area contributed by atoms with E-state index in [0.717, 1.165) is 17.8 Å². The lowest BCUT2D eigenvalue weighted by Crippen LogP contribution is -3.09. The number of hydrogen-bond acceptors (Lipinski definition) is 1. The molecule has 0 saturated heterocycles. The fourth-order valence-corrected chi connectivity index (χ4v) is 2.87. The summed E-state index contributed by atoms with van der Waals surface area (Å²) < 4.78 is 0. The molecule has 0 spiro atoms. The van der Waals surface area contributed by atoms with Crippen molar-refractivity contribution in [3.63, 3.8) is 0 Å². The second-order valence-electron chi connectivity index (χ2n) is 6.28. The third-order valence-corrected chi connectivity index (χ3v) is 4.34. The summed E-state index contributed by atoms with van der Waals surface area (Å²) in [7, 11) is 4.28. The Morgan fingerprint density at radius 3 is 2.58 bits per heavy atom. The zero-order chi connectivity index (χ0) is 17.5. The Morgan fingerprint density at radius 2 is 1.92 bits per heavy atom. The van der Waals surface area contributed by atoms with Crippen molar-refractivity contribution in [2.24, 2.45) is 0 Å².